The predicted octanol–water partition coefficient (Wildman–Crippen LogP) is -0.658. The van der Waals surface area contributed by atoms with Crippen LogP contribution >= 0.6 is 0 Å². The summed E-state index contributed by atoms with van der Waals surface area (Å²) in [5.74, 6) is -0.757. The minimum atomic E-state index is -1.37. The van der Waals surface area contributed by atoms with Crippen molar-refractivity contribution in [2.75, 3.05) is 14.2 Å². The topological polar surface area (TPSA) is 134 Å². The van der Waals surface area contributed by atoms with Gasteiger partial charge in [0.25, 0.3) is 5.91 Å². The fourth-order valence-corrected chi connectivity index (χ4v) is 3.17. The van der Waals surface area contributed by atoms with Crippen LogP contribution in [-0.4, -0.2) is 53.9 Å². The van der Waals surface area contributed by atoms with Crippen molar-refractivity contribution >= 4 is 23.7 Å². The van der Waals surface area contributed by atoms with Gasteiger partial charge in [-0.25, -0.2) is 4.79 Å². The monoisotopic (exact) mass is 477 g/mol. The summed E-state index contributed by atoms with van der Waals surface area (Å²) >= 11 is 0. The number of benzene rings is 2. The van der Waals surface area contributed by atoms with Gasteiger partial charge in [0.2, 0.25) is 0 Å². The molecule has 2 aromatic carbocycles. The van der Waals surface area contributed by atoms with Gasteiger partial charge in [0.15, 0.2) is 23.3 Å². The van der Waals surface area contributed by atoms with E-state index >= 15 is 0 Å². The van der Waals surface area contributed by atoms with Crippen LogP contribution in [0.25, 0.3) is 0 Å². The smallest absolute Gasteiger partial charge is 1.00 e. The van der Waals surface area contributed by atoms with Crippen LogP contribution in [0.4, 0.5) is 4.79 Å². The van der Waals surface area contributed by atoms with Gasteiger partial charge in [0, 0.05) is 19.3 Å². The molecule has 10 nitrogen and oxygen atoms in total. The zero-order valence-electron chi connectivity index (χ0n) is 20.0. The van der Waals surface area contributed by atoms with Crippen molar-refractivity contribution in [2.45, 2.75) is 18.5 Å². The molecule has 0 saturated carbocycles. The zero-order valence-corrected chi connectivity index (χ0v) is 21.0. The van der Waals surface area contributed by atoms with E-state index in [2.05, 4.69) is 10.6 Å². The molecule has 3 amide bonds. The standard InChI is InChI=1S/C23H23N3O7.Na.H/c1-26-12-11-17(27)21(22(26)30)25-23(31)24-16(13-20(28)29)14-7-9-15(10-8-14)33-19-6-4-3-5-18(19)32-2;;/h3-12,16,21H,13H2,1-2H3,(H,28,29)(H2,24,25,31);;/q;+1;-1. The van der Waals surface area contributed by atoms with E-state index in [0.29, 0.717) is 22.8 Å². The van der Waals surface area contributed by atoms with Gasteiger partial charge in [-0.1, -0.05) is 24.3 Å². The summed E-state index contributed by atoms with van der Waals surface area (Å²) in [7, 11) is 2.99. The number of carbonyl (C=O) groups is 4. The molecule has 11 heteroatoms. The molecule has 0 aliphatic carbocycles. The number of amides is 3. The first-order valence-corrected chi connectivity index (χ1v) is 9.97. The Bertz CT molecular complexity index is 1090. The van der Waals surface area contributed by atoms with E-state index in [-0.39, 0.29) is 31.0 Å². The van der Waals surface area contributed by atoms with E-state index in [1.807, 2.05) is 6.07 Å². The van der Waals surface area contributed by atoms with Gasteiger partial charge in [0.05, 0.1) is 19.6 Å². The van der Waals surface area contributed by atoms with Crippen LogP contribution in [0.1, 0.15) is 19.5 Å². The van der Waals surface area contributed by atoms with Gasteiger partial charge in [-0.3, -0.25) is 14.4 Å². The third-order valence-corrected chi connectivity index (χ3v) is 4.88. The van der Waals surface area contributed by atoms with Gasteiger partial charge in [-0.15, -0.1) is 0 Å². The summed E-state index contributed by atoms with van der Waals surface area (Å²) in [6.45, 7) is 0. The Hall–Kier alpha value is -3.34. The zero-order chi connectivity index (χ0) is 24.0. The number of nitrogens with zero attached hydrogens (tertiary/aromatic N) is 1. The Labute approximate surface area is 219 Å². The molecule has 1 aliphatic rings. The molecule has 0 radical (unpaired) electrons. The van der Waals surface area contributed by atoms with Crippen molar-refractivity contribution in [2.24, 2.45) is 0 Å². The molecule has 1 heterocycles. The number of ketones is 1. The number of rotatable bonds is 8. The number of carbonyl (C=O) groups excluding carboxylic acids is 3. The average molecular weight is 477 g/mol. The number of hydrogen-bond donors (Lipinski definition) is 3. The van der Waals surface area contributed by atoms with Gasteiger partial charge in [0.1, 0.15) is 5.75 Å². The number of nitrogens with one attached hydrogen (secondary N) is 2. The second-order valence-electron chi connectivity index (χ2n) is 7.19. The predicted molar refractivity (Wildman–Crippen MR) is 118 cm³/mol. The summed E-state index contributed by atoms with van der Waals surface area (Å²) in [6.07, 6.45) is 2.08. The number of urea groups is 1. The third kappa shape index (κ3) is 6.83. The Kier molecular flexibility index (Phi) is 9.67. The summed E-state index contributed by atoms with van der Waals surface area (Å²) in [6, 6.07) is 10.5. The van der Waals surface area contributed by atoms with Gasteiger partial charge in [-0.2, -0.15) is 0 Å². The van der Waals surface area contributed by atoms with Crippen LogP contribution in [0, 0.1) is 0 Å². The normalized spacial score (nSPS) is 15.7. The molecular formula is C23H24N3NaO7. The van der Waals surface area contributed by atoms with Crippen molar-refractivity contribution in [3.8, 4) is 17.2 Å². The van der Waals surface area contributed by atoms with E-state index in [1.54, 1.807) is 42.5 Å². The Morgan fingerprint density at radius 2 is 1.76 bits per heavy atom. The summed E-state index contributed by atoms with van der Waals surface area (Å²) in [5.41, 5.74) is 0.498. The molecule has 1 aliphatic heterocycles. The van der Waals surface area contributed by atoms with Crippen molar-refractivity contribution in [1.29, 1.82) is 0 Å². The Morgan fingerprint density at radius 3 is 2.38 bits per heavy atom. The molecule has 2 atom stereocenters. The first-order chi connectivity index (χ1) is 15.8. The van der Waals surface area contributed by atoms with Crippen LogP contribution in [0.15, 0.2) is 60.8 Å². The molecule has 0 saturated heterocycles. The van der Waals surface area contributed by atoms with Crippen LogP contribution in [0.2, 0.25) is 0 Å². The quantitative estimate of drug-likeness (QED) is 0.340. The van der Waals surface area contributed by atoms with Crippen LogP contribution < -0.4 is 49.7 Å². The maximum atomic E-state index is 12.5. The van der Waals surface area contributed by atoms with Crippen molar-refractivity contribution in [3.05, 3.63) is 66.4 Å². The maximum Gasteiger partial charge on any atom is 1.00 e. The fraction of sp³-hybridized carbons (Fsp3) is 0.217. The molecule has 0 fully saturated rings. The SMILES string of the molecule is COc1ccccc1Oc1ccc(C(CC(=O)O)NC(=O)NC2C(=O)C=CN(C)C2=O)cc1.[H-].[Na+]. The van der Waals surface area contributed by atoms with Crippen LogP contribution in [0.5, 0.6) is 17.2 Å². The number of carboxylic acid groups (broad SMARTS) is 1. The average Bonchev–Trinajstić information content (AvgIpc) is 2.79. The van der Waals surface area contributed by atoms with Gasteiger partial charge >= 0.3 is 41.6 Å². The van der Waals surface area contributed by atoms with E-state index in [1.165, 1.54) is 31.3 Å². The van der Waals surface area contributed by atoms with Crippen LogP contribution in [0.3, 0.4) is 0 Å². The molecule has 0 spiro atoms. The molecule has 34 heavy (non-hydrogen) atoms. The second kappa shape index (κ2) is 12.2. The largest absolute Gasteiger partial charge is 1.00 e. The van der Waals surface area contributed by atoms with Crippen LogP contribution in [-0.2, 0) is 14.4 Å². The molecule has 0 aromatic heterocycles. The first kappa shape index (κ1) is 26.9. The maximum absolute atomic E-state index is 12.5. The number of carboxylic acids is 1. The van der Waals surface area contributed by atoms with Crippen molar-refractivity contribution in [3.63, 3.8) is 0 Å². The number of methoxy groups -OCH3 is 1. The Balaban J connectivity index is 0.00000306. The molecule has 3 rings (SSSR count). The number of para-hydroxylation sites is 2. The molecule has 174 valence electrons. The van der Waals surface area contributed by atoms with E-state index < -0.39 is 42.2 Å². The molecule has 0 bridgehead atoms. The molecule has 3 N–H and O–H groups in total. The molecule has 2 aromatic rings. The van der Waals surface area contributed by atoms with E-state index in [0.717, 1.165) is 0 Å². The number of likely N-dealkylation sites (N-methyl/N-ethyl adjacent to an activating group) is 1. The fourth-order valence-electron chi connectivity index (χ4n) is 3.17. The van der Waals surface area contributed by atoms with E-state index in [4.69, 9.17) is 9.47 Å². The Morgan fingerprint density at radius 1 is 1.12 bits per heavy atom. The summed E-state index contributed by atoms with van der Waals surface area (Å²) in [5, 5.41) is 14.1. The summed E-state index contributed by atoms with van der Waals surface area (Å²) < 4.78 is 11.1. The number of aliphatic carboxylic acids is 1. The minimum absolute atomic E-state index is 0. The van der Waals surface area contributed by atoms with Crippen molar-refractivity contribution in [1.82, 2.24) is 15.5 Å². The molecular weight excluding hydrogens is 453 g/mol. The third-order valence-electron chi connectivity index (χ3n) is 4.88. The minimum Gasteiger partial charge on any atom is -1.00 e. The summed E-state index contributed by atoms with van der Waals surface area (Å²) in [4.78, 5) is 49.1. The van der Waals surface area contributed by atoms with Gasteiger partial charge < -0.3 is 31.5 Å². The first-order valence-electron chi connectivity index (χ1n) is 9.97. The number of hydrogen-bond acceptors (Lipinski definition) is 6. The molecule has 2 unspecified atom stereocenters. The van der Waals surface area contributed by atoms with Crippen molar-refractivity contribution < 1.29 is 64.7 Å². The van der Waals surface area contributed by atoms with E-state index in [9.17, 15) is 24.3 Å². The second-order valence-corrected chi connectivity index (χ2v) is 7.19. The van der Waals surface area contributed by atoms with Gasteiger partial charge in [-0.05, 0) is 29.8 Å². The number of ether oxygens (including phenoxy) is 2.